The van der Waals surface area contributed by atoms with Crippen LogP contribution in [0.4, 0.5) is 10.8 Å². The molecule has 17 heavy (non-hydrogen) atoms. The summed E-state index contributed by atoms with van der Waals surface area (Å²) in [4.78, 5) is 15.5. The fourth-order valence-electron chi connectivity index (χ4n) is 1.51. The van der Waals surface area contributed by atoms with Crippen molar-refractivity contribution in [1.29, 1.82) is 0 Å². The fourth-order valence-corrected chi connectivity index (χ4v) is 2.43. The van der Waals surface area contributed by atoms with E-state index in [1.165, 1.54) is 23.5 Å². The minimum atomic E-state index is -0.400. The standard InChI is InChI=1S/C11H11N3O2S/c1-7-10(17-11(12-2)13-7)8-3-5-9(6-4-8)14(15)16/h3-6H,1-2H3,(H,12,13). The summed E-state index contributed by atoms with van der Waals surface area (Å²) in [6, 6.07) is 6.51. The number of nitro benzene ring substituents is 1. The van der Waals surface area contributed by atoms with E-state index in [0.717, 1.165) is 21.3 Å². The number of rotatable bonds is 3. The van der Waals surface area contributed by atoms with Crippen molar-refractivity contribution in [3.8, 4) is 10.4 Å². The third-order valence-corrected chi connectivity index (χ3v) is 3.57. The molecule has 0 unspecified atom stereocenters. The Bertz CT molecular complexity index is 548. The normalized spacial score (nSPS) is 10.2. The van der Waals surface area contributed by atoms with E-state index >= 15 is 0 Å². The van der Waals surface area contributed by atoms with E-state index in [-0.39, 0.29) is 5.69 Å². The van der Waals surface area contributed by atoms with Gasteiger partial charge in [-0.2, -0.15) is 0 Å². The molecule has 6 heteroatoms. The highest BCUT2D eigenvalue weighted by Gasteiger charge is 2.10. The van der Waals surface area contributed by atoms with Gasteiger partial charge >= 0.3 is 0 Å². The Morgan fingerprint density at radius 1 is 1.35 bits per heavy atom. The highest BCUT2D eigenvalue weighted by molar-refractivity contribution is 7.19. The van der Waals surface area contributed by atoms with Crippen LogP contribution < -0.4 is 5.32 Å². The van der Waals surface area contributed by atoms with E-state index in [4.69, 9.17) is 0 Å². The molecular formula is C11H11N3O2S. The van der Waals surface area contributed by atoms with Crippen LogP contribution in [0.5, 0.6) is 0 Å². The second-order valence-electron chi connectivity index (χ2n) is 3.49. The Labute approximate surface area is 102 Å². The van der Waals surface area contributed by atoms with Gasteiger partial charge in [-0.1, -0.05) is 11.3 Å². The minimum absolute atomic E-state index is 0.102. The van der Waals surface area contributed by atoms with Crippen LogP contribution in [-0.4, -0.2) is 17.0 Å². The highest BCUT2D eigenvalue weighted by atomic mass is 32.1. The quantitative estimate of drug-likeness (QED) is 0.670. The Morgan fingerprint density at radius 3 is 2.47 bits per heavy atom. The number of nitro groups is 1. The van der Waals surface area contributed by atoms with Gasteiger partial charge in [0.1, 0.15) is 0 Å². The zero-order valence-electron chi connectivity index (χ0n) is 9.43. The molecule has 2 aromatic rings. The monoisotopic (exact) mass is 249 g/mol. The molecule has 0 fully saturated rings. The van der Waals surface area contributed by atoms with Crippen LogP contribution in [0, 0.1) is 17.0 Å². The Morgan fingerprint density at radius 2 is 2.00 bits per heavy atom. The van der Waals surface area contributed by atoms with Crippen LogP contribution in [0.25, 0.3) is 10.4 Å². The lowest BCUT2D eigenvalue weighted by atomic mass is 10.1. The first-order valence-electron chi connectivity index (χ1n) is 5.02. The van der Waals surface area contributed by atoms with E-state index in [9.17, 15) is 10.1 Å². The van der Waals surface area contributed by atoms with Crippen LogP contribution >= 0.6 is 11.3 Å². The van der Waals surface area contributed by atoms with Gasteiger partial charge in [-0.15, -0.1) is 0 Å². The Hall–Kier alpha value is -1.95. The summed E-state index contributed by atoms with van der Waals surface area (Å²) in [6.45, 7) is 1.92. The number of non-ortho nitro benzene ring substituents is 1. The third-order valence-electron chi connectivity index (χ3n) is 2.35. The number of hydrogen-bond acceptors (Lipinski definition) is 5. The molecule has 0 saturated carbocycles. The second-order valence-corrected chi connectivity index (χ2v) is 4.49. The Kier molecular flexibility index (Phi) is 3.06. The first-order chi connectivity index (χ1) is 8.11. The molecule has 0 spiro atoms. The number of aryl methyl sites for hydroxylation is 1. The predicted octanol–water partition coefficient (Wildman–Crippen LogP) is 3.07. The van der Waals surface area contributed by atoms with Gasteiger partial charge in [0.2, 0.25) is 0 Å². The van der Waals surface area contributed by atoms with Crippen LogP contribution in [0.1, 0.15) is 5.69 Å². The summed E-state index contributed by atoms with van der Waals surface area (Å²) in [5.41, 5.74) is 1.98. The van der Waals surface area contributed by atoms with Gasteiger partial charge in [0.25, 0.3) is 5.69 Å². The molecular weight excluding hydrogens is 238 g/mol. The van der Waals surface area contributed by atoms with E-state index < -0.39 is 4.92 Å². The van der Waals surface area contributed by atoms with E-state index in [0.29, 0.717) is 0 Å². The SMILES string of the molecule is CNc1nc(C)c(-c2ccc([N+](=O)[O-])cc2)s1. The van der Waals surface area contributed by atoms with Crippen LogP contribution in [0.3, 0.4) is 0 Å². The van der Waals surface area contributed by atoms with Crippen molar-refractivity contribution < 1.29 is 4.92 Å². The van der Waals surface area contributed by atoms with Crippen molar-refractivity contribution in [1.82, 2.24) is 4.98 Å². The molecule has 0 radical (unpaired) electrons. The third kappa shape index (κ3) is 2.26. The maximum atomic E-state index is 10.6. The first-order valence-corrected chi connectivity index (χ1v) is 5.83. The van der Waals surface area contributed by atoms with Crippen molar-refractivity contribution in [3.63, 3.8) is 0 Å². The molecule has 0 atom stereocenters. The number of nitrogens with one attached hydrogen (secondary N) is 1. The number of benzene rings is 1. The molecule has 0 aliphatic heterocycles. The zero-order valence-corrected chi connectivity index (χ0v) is 10.2. The summed E-state index contributed by atoms with van der Waals surface area (Å²) >= 11 is 1.53. The lowest BCUT2D eigenvalue weighted by Gasteiger charge is -1.97. The minimum Gasteiger partial charge on any atom is -0.365 e. The molecule has 0 bridgehead atoms. The number of nitrogens with zero attached hydrogens (tertiary/aromatic N) is 2. The number of anilines is 1. The Balaban J connectivity index is 2.39. The fraction of sp³-hybridized carbons (Fsp3) is 0.182. The average Bonchev–Trinajstić information content (AvgIpc) is 2.71. The van der Waals surface area contributed by atoms with Gasteiger partial charge < -0.3 is 5.32 Å². The molecule has 0 amide bonds. The molecule has 0 aliphatic rings. The molecule has 0 aliphatic carbocycles. The molecule has 2 rings (SSSR count). The highest BCUT2D eigenvalue weighted by Crippen LogP contribution is 2.33. The lowest BCUT2D eigenvalue weighted by molar-refractivity contribution is -0.384. The van der Waals surface area contributed by atoms with Gasteiger partial charge in [-0.05, 0) is 24.6 Å². The van der Waals surface area contributed by atoms with Gasteiger partial charge in [-0.25, -0.2) is 4.98 Å². The van der Waals surface area contributed by atoms with Crippen molar-refractivity contribution in [2.75, 3.05) is 12.4 Å². The zero-order chi connectivity index (χ0) is 12.4. The van der Waals surface area contributed by atoms with Gasteiger partial charge in [-0.3, -0.25) is 10.1 Å². The lowest BCUT2D eigenvalue weighted by Crippen LogP contribution is -1.87. The number of hydrogen-bond donors (Lipinski definition) is 1. The summed E-state index contributed by atoms with van der Waals surface area (Å²) in [5, 5.41) is 14.4. The van der Waals surface area contributed by atoms with E-state index in [1.807, 2.05) is 14.0 Å². The van der Waals surface area contributed by atoms with Gasteiger partial charge in [0, 0.05) is 19.2 Å². The topological polar surface area (TPSA) is 68.1 Å². The summed E-state index contributed by atoms with van der Waals surface area (Å²) in [7, 11) is 1.82. The largest absolute Gasteiger partial charge is 0.365 e. The smallest absolute Gasteiger partial charge is 0.269 e. The molecule has 1 N–H and O–H groups in total. The van der Waals surface area contributed by atoms with E-state index in [1.54, 1.807) is 12.1 Å². The van der Waals surface area contributed by atoms with Gasteiger partial charge in [0.15, 0.2) is 5.13 Å². The predicted molar refractivity (Wildman–Crippen MR) is 68.5 cm³/mol. The maximum absolute atomic E-state index is 10.6. The summed E-state index contributed by atoms with van der Waals surface area (Å²) in [5.74, 6) is 0. The second kappa shape index (κ2) is 4.50. The number of aromatic nitrogens is 1. The molecule has 1 aromatic heterocycles. The van der Waals surface area contributed by atoms with Crippen molar-refractivity contribution >= 4 is 22.2 Å². The molecule has 1 heterocycles. The van der Waals surface area contributed by atoms with Crippen molar-refractivity contribution in [3.05, 3.63) is 40.1 Å². The molecule has 5 nitrogen and oxygen atoms in total. The summed E-state index contributed by atoms with van der Waals surface area (Å²) < 4.78 is 0. The molecule has 1 aromatic carbocycles. The first kappa shape index (κ1) is 11.5. The summed E-state index contributed by atoms with van der Waals surface area (Å²) in [6.07, 6.45) is 0. The molecule has 88 valence electrons. The van der Waals surface area contributed by atoms with Crippen LogP contribution in [0.2, 0.25) is 0 Å². The van der Waals surface area contributed by atoms with Crippen LogP contribution in [-0.2, 0) is 0 Å². The van der Waals surface area contributed by atoms with Gasteiger partial charge in [0.05, 0.1) is 15.5 Å². The van der Waals surface area contributed by atoms with Crippen molar-refractivity contribution in [2.45, 2.75) is 6.92 Å². The van der Waals surface area contributed by atoms with Crippen molar-refractivity contribution in [2.24, 2.45) is 0 Å². The van der Waals surface area contributed by atoms with E-state index in [2.05, 4.69) is 10.3 Å². The molecule has 0 saturated heterocycles. The number of thiazole rings is 1. The van der Waals surface area contributed by atoms with Crippen LogP contribution in [0.15, 0.2) is 24.3 Å². The average molecular weight is 249 g/mol. The maximum Gasteiger partial charge on any atom is 0.269 e.